The van der Waals surface area contributed by atoms with E-state index in [-0.39, 0.29) is 73.4 Å². The zero-order chi connectivity index (χ0) is 38.5. The Balaban J connectivity index is 1.95. The number of carbonyl (C=O) groups is 7. The van der Waals surface area contributed by atoms with Gasteiger partial charge in [0.1, 0.15) is 22.1 Å². The molecule has 3 atom stereocenters. The lowest BCUT2D eigenvalue weighted by molar-refractivity contribution is -0.146. The maximum absolute atomic E-state index is 13.4. The van der Waals surface area contributed by atoms with Crippen LogP contribution in [0.4, 0.5) is 10.5 Å². The number of alkyl halides is 1. The second-order valence-electron chi connectivity index (χ2n) is 14.8. The fourth-order valence-corrected chi connectivity index (χ4v) is 5.55. The number of ether oxygens (including phenoxy) is 1. The topological polar surface area (TPSA) is 206 Å². The smallest absolute Gasteiger partial charge is 0.321 e. The number of esters is 1. The molecule has 1 heterocycles. The molecule has 51 heavy (non-hydrogen) atoms. The molecule has 1 unspecified atom stereocenters. The summed E-state index contributed by atoms with van der Waals surface area (Å²) in [6, 6.07) is 4.13. The standard InChI is InChI=1S/C36H55IN6O8/c1-22(2)29(42-27(44)13-9-8-10-19-43-28(45)20-25(32(43)48)35(3,4)5)31(47)41-26(12-11-18-39-34(38)50)30(46)40-24-16-14-23(15-17-24)21-51-33(49)36(6,7)37/h14-17,22,25-26,29H,8-13,18-21H2,1-7H3,(H,40,46)(H,41,47)(H,42,44)(H3,38,39,50)/t25?,26-,29-/m0/s1. The molecule has 1 aliphatic rings. The van der Waals surface area contributed by atoms with Crippen LogP contribution in [-0.4, -0.2) is 75.0 Å². The summed E-state index contributed by atoms with van der Waals surface area (Å²) in [5.41, 5.74) is 6.05. The maximum Gasteiger partial charge on any atom is 0.321 e. The highest BCUT2D eigenvalue weighted by Gasteiger charge is 2.44. The molecule has 1 fully saturated rings. The Morgan fingerprint density at radius 1 is 0.941 bits per heavy atom. The summed E-state index contributed by atoms with van der Waals surface area (Å²) in [7, 11) is 0. The first-order valence-corrected chi connectivity index (χ1v) is 18.5. The Morgan fingerprint density at radius 2 is 1.59 bits per heavy atom. The van der Waals surface area contributed by atoms with Crippen LogP contribution in [0, 0.1) is 17.3 Å². The Kier molecular flexibility index (Phi) is 16.8. The molecule has 0 aliphatic carbocycles. The summed E-state index contributed by atoms with van der Waals surface area (Å²) in [5.74, 6) is -2.62. The van der Waals surface area contributed by atoms with Crippen molar-refractivity contribution < 1.29 is 38.3 Å². The van der Waals surface area contributed by atoms with Gasteiger partial charge in [0.15, 0.2) is 0 Å². The SMILES string of the molecule is CC(C)[C@H](NC(=O)CCCCCN1C(=O)CC(C(C)(C)C)C1=O)C(=O)N[C@@H](CCCNC(N)=O)C(=O)Nc1ccc(COC(=O)C(C)(C)I)cc1. The van der Waals surface area contributed by atoms with Gasteiger partial charge in [-0.3, -0.25) is 33.7 Å². The Labute approximate surface area is 314 Å². The number of benzene rings is 1. The number of nitrogens with zero attached hydrogens (tertiary/aromatic N) is 1. The fraction of sp³-hybridized carbons (Fsp3) is 0.639. The molecule has 6 N–H and O–H groups in total. The molecule has 0 radical (unpaired) electrons. The molecule has 284 valence electrons. The second-order valence-corrected chi connectivity index (χ2v) is 17.5. The predicted molar refractivity (Wildman–Crippen MR) is 201 cm³/mol. The number of hydrogen-bond acceptors (Lipinski definition) is 8. The lowest BCUT2D eigenvalue weighted by Crippen LogP contribution is -2.54. The van der Waals surface area contributed by atoms with E-state index in [1.165, 1.54) is 4.90 Å². The number of nitrogens with one attached hydrogen (secondary N) is 4. The molecule has 2 rings (SSSR count). The highest BCUT2D eigenvalue weighted by Crippen LogP contribution is 2.35. The molecule has 0 aromatic heterocycles. The van der Waals surface area contributed by atoms with Gasteiger partial charge in [-0.25, -0.2) is 4.79 Å². The van der Waals surface area contributed by atoms with Crippen LogP contribution < -0.4 is 27.0 Å². The van der Waals surface area contributed by atoms with Gasteiger partial charge in [0.05, 0.1) is 5.92 Å². The first kappa shape index (κ1) is 43.4. The minimum absolute atomic E-state index is 0.0754. The molecule has 1 aromatic rings. The molecule has 7 amide bonds. The first-order valence-electron chi connectivity index (χ1n) is 17.4. The quantitative estimate of drug-likeness (QED) is 0.0453. The van der Waals surface area contributed by atoms with Crippen molar-refractivity contribution in [2.24, 2.45) is 23.0 Å². The molecule has 1 aliphatic heterocycles. The number of primary amides is 1. The van der Waals surface area contributed by atoms with Crippen molar-refractivity contribution in [2.75, 3.05) is 18.4 Å². The third kappa shape index (κ3) is 14.8. The summed E-state index contributed by atoms with van der Waals surface area (Å²) in [6.45, 7) is 13.5. The number of carbonyl (C=O) groups excluding carboxylic acids is 7. The average molecular weight is 827 g/mol. The minimum Gasteiger partial charge on any atom is -0.460 e. The van der Waals surface area contributed by atoms with Crippen molar-refractivity contribution in [2.45, 2.75) is 116 Å². The number of likely N-dealkylation sites (tertiary alicyclic amines) is 1. The number of amides is 7. The van der Waals surface area contributed by atoms with Crippen molar-refractivity contribution in [1.29, 1.82) is 0 Å². The van der Waals surface area contributed by atoms with Crippen LogP contribution in [0.1, 0.15) is 99.0 Å². The number of imide groups is 1. The molecule has 15 heteroatoms. The molecule has 14 nitrogen and oxygen atoms in total. The van der Waals surface area contributed by atoms with Gasteiger partial charge in [-0.1, -0.05) is 75.8 Å². The van der Waals surface area contributed by atoms with E-state index in [4.69, 9.17) is 10.5 Å². The van der Waals surface area contributed by atoms with E-state index in [1.807, 2.05) is 43.4 Å². The van der Waals surface area contributed by atoms with Gasteiger partial charge in [-0.05, 0) is 68.6 Å². The molecular formula is C36H55IN6O8. The minimum atomic E-state index is -0.995. The van der Waals surface area contributed by atoms with Gasteiger partial charge in [-0.2, -0.15) is 0 Å². The third-order valence-electron chi connectivity index (χ3n) is 8.52. The molecule has 1 aromatic carbocycles. The number of hydrogen-bond donors (Lipinski definition) is 5. The van der Waals surface area contributed by atoms with Crippen LogP contribution >= 0.6 is 22.6 Å². The summed E-state index contributed by atoms with van der Waals surface area (Å²) in [6.07, 6.45) is 2.58. The molecule has 0 bridgehead atoms. The van der Waals surface area contributed by atoms with Crippen molar-refractivity contribution in [3.05, 3.63) is 29.8 Å². The summed E-state index contributed by atoms with van der Waals surface area (Å²) in [5, 5.41) is 10.8. The van der Waals surface area contributed by atoms with Gasteiger partial charge < -0.3 is 31.7 Å². The molecular weight excluding hydrogens is 771 g/mol. The zero-order valence-corrected chi connectivity index (χ0v) is 33.0. The number of nitrogens with two attached hydrogens (primary N) is 1. The lowest BCUT2D eigenvalue weighted by atomic mass is 9.80. The zero-order valence-electron chi connectivity index (χ0n) is 30.9. The molecule has 1 saturated heterocycles. The summed E-state index contributed by atoms with van der Waals surface area (Å²) < 4.78 is 4.67. The Morgan fingerprint density at radius 3 is 2.14 bits per heavy atom. The average Bonchev–Trinajstić information content (AvgIpc) is 3.32. The van der Waals surface area contributed by atoms with E-state index < -0.39 is 33.4 Å². The van der Waals surface area contributed by atoms with Crippen LogP contribution in [0.2, 0.25) is 0 Å². The van der Waals surface area contributed by atoms with Crippen LogP contribution in [0.25, 0.3) is 0 Å². The van der Waals surface area contributed by atoms with Gasteiger partial charge in [0, 0.05) is 31.6 Å². The van der Waals surface area contributed by atoms with E-state index in [2.05, 4.69) is 21.3 Å². The lowest BCUT2D eigenvalue weighted by Gasteiger charge is -2.25. The van der Waals surface area contributed by atoms with E-state index in [0.29, 0.717) is 37.9 Å². The number of rotatable bonds is 19. The monoisotopic (exact) mass is 826 g/mol. The van der Waals surface area contributed by atoms with E-state index in [0.717, 1.165) is 5.56 Å². The van der Waals surface area contributed by atoms with Gasteiger partial charge in [-0.15, -0.1) is 0 Å². The highest BCUT2D eigenvalue weighted by atomic mass is 127. The largest absolute Gasteiger partial charge is 0.460 e. The van der Waals surface area contributed by atoms with Crippen molar-refractivity contribution in [3.8, 4) is 0 Å². The second kappa shape index (κ2) is 19.7. The van der Waals surface area contributed by atoms with Gasteiger partial charge >= 0.3 is 12.0 Å². The number of halogens is 1. The Hall–Kier alpha value is -3.76. The van der Waals surface area contributed by atoms with Crippen LogP contribution in [0.5, 0.6) is 0 Å². The Bertz CT molecular complexity index is 1400. The number of anilines is 1. The number of unbranched alkanes of at least 4 members (excludes halogenated alkanes) is 2. The number of urea groups is 1. The first-order chi connectivity index (χ1) is 23.7. The van der Waals surface area contributed by atoms with E-state index >= 15 is 0 Å². The molecule has 0 spiro atoms. The van der Waals surface area contributed by atoms with Crippen molar-refractivity contribution >= 4 is 69.8 Å². The summed E-state index contributed by atoms with van der Waals surface area (Å²) in [4.78, 5) is 89.3. The predicted octanol–water partition coefficient (Wildman–Crippen LogP) is 3.94. The normalized spacial score (nSPS) is 16.0. The van der Waals surface area contributed by atoms with Crippen molar-refractivity contribution in [3.63, 3.8) is 0 Å². The summed E-state index contributed by atoms with van der Waals surface area (Å²) >= 11 is 2.00. The highest BCUT2D eigenvalue weighted by molar-refractivity contribution is 14.1. The fourth-order valence-electron chi connectivity index (χ4n) is 5.39. The van der Waals surface area contributed by atoms with Crippen LogP contribution in [0.15, 0.2) is 24.3 Å². The van der Waals surface area contributed by atoms with E-state index in [9.17, 15) is 33.6 Å². The van der Waals surface area contributed by atoms with Crippen LogP contribution in [0.3, 0.4) is 0 Å². The van der Waals surface area contributed by atoms with Crippen molar-refractivity contribution in [1.82, 2.24) is 20.9 Å². The maximum atomic E-state index is 13.4. The van der Waals surface area contributed by atoms with Gasteiger partial charge in [0.2, 0.25) is 29.5 Å². The van der Waals surface area contributed by atoms with E-state index in [1.54, 1.807) is 52.0 Å². The molecule has 0 saturated carbocycles. The van der Waals surface area contributed by atoms with Crippen LogP contribution in [-0.2, 0) is 40.1 Å². The van der Waals surface area contributed by atoms with Gasteiger partial charge in [0.25, 0.3) is 0 Å². The third-order valence-corrected chi connectivity index (χ3v) is 8.96.